The second-order valence-corrected chi connectivity index (χ2v) is 11.7. The van der Waals surface area contributed by atoms with Crippen molar-refractivity contribution in [2.24, 2.45) is 0 Å². The Labute approximate surface area is 208 Å². The fourth-order valence-electron chi connectivity index (χ4n) is 3.88. The van der Waals surface area contributed by atoms with Crippen molar-refractivity contribution in [1.29, 1.82) is 0 Å². The van der Waals surface area contributed by atoms with Crippen molar-refractivity contribution < 1.29 is 17.9 Å². The molecule has 2 aromatic carbocycles. The van der Waals surface area contributed by atoms with E-state index in [0.29, 0.717) is 48.0 Å². The minimum atomic E-state index is -3.55. The lowest BCUT2D eigenvalue weighted by Crippen LogP contribution is -2.39. The van der Waals surface area contributed by atoms with Crippen molar-refractivity contribution in [1.82, 2.24) is 4.98 Å². The number of aromatic nitrogens is 1. The fourth-order valence-corrected chi connectivity index (χ4v) is 7.34. The number of methoxy groups -OCH3 is 2. The van der Waals surface area contributed by atoms with Crippen LogP contribution in [0.3, 0.4) is 0 Å². The molecule has 1 aliphatic heterocycles. The van der Waals surface area contributed by atoms with Gasteiger partial charge >= 0.3 is 0 Å². The van der Waals surface area contributed by atoms with Crippen LogP contribution in [0.25, 0.3) is 11.3 Å². The van der Waals surface area contributed by atoms with Gasteiger partial charge in [0.05, 0.1) is 35.1 Å². The average Bonchev–Trinajstić information content (AvgIpc) is 3.31. The molecule has 0 radical (unpaired) electrons. The number of piperidine rings is 1. The van der Waals surface area contributed by atoms with E-state index in [4.69, 9.17) is 37.7 Å². The summed E-state index contributed by atoms with van der Waals surface area (Å²) in [5, 5.41) is 2.99. The third-order valence-electron chi connectivity index (χ3n) is 5.81. The Morgan fingerprint density at radius 2 is 1.64 bits per heavy atom. The highest BCUT2D eigenvalue weighted by atomic mass is 35.5. The van der Waals surface area contributed by atoms with Crippen LogP contribution in [0.1, 0.15) is 18.4 Å². The lowest BCUT2D eigenvalue weighted by Gasteiger charge is -2.31. The molecule has 6 nitrogen and oxygen atoms in total. The van der Waals surface area contributed by atoms with E-state index in [0.717, 1.165) is 16.4 Å². The van der Waals surface area contributed by atoms with Gasteiger partial charge in [-0.1, -0.05) is 23.2 Å². The van der Waals surface area contributed by atoms with E-state index in [2.05, 4.69) is 4.90 Å². The van der Waals surface area contributed by atoms with Gasteiger partial charge in [0.25, 0.3) is 0 Å². The highest BCUT2D eigenvalue weighted by Gasteiger charge is 2.33. The molecule has 0 spiro atoms. The van der Waals surface area contributed by atoms with E-state index < -0.39 is 15.1 Å². The van der Waals surface area contributed by atoms with Gasteiger partial charge in [-0.3, -0.25) is 0 Å². The molecule has 176 valence electrons. The molecule has 1 fully saturated rings. The molecule has 33 heavy (non-hydrogen) atoms. The van der Waals surface area contributed by atoms with Gasteiger partial charge in [-0.2, -0.15) is 0 Å². The number of anilines is 1. The molecule has 3 aromatic rings. The molecular weight excluding hydrogens is 503 g/mol. The highest BCUT2D eigenvalue weighted by Crippen LogP contribution is 2.36. The average molecular weight is 527 g/mol. The Morgan fingerprint density at radius 1 is 1.00 bits per heavy atom. The Morgan fingerprint density at radius 3 is 2.24 bits per heavy atom. The summed E-state index contributed by atoms with van der Waals surface area (Å²) >= 11 is 13.9. The van der Waals surface area contributed by atoms with Crippen molar-refractivity contribution in [2.45, 2.75) is 29.9 Å². The third kappa shape index (κ3) is 4.94. The maximum atomic E-state index is 13.2. The second-order valence-electron chi connectivity index (χ2n) is 7.88. The lowest BCUT2D eigenvalue weighted by molar-refractivity contribution is 0.394. The molecule has 2 heterocycles. The molecule has 1 aliphatic rings. The quantitative estimate of drug-likeness (QED) is 0.399. The Hall–Kier alpha value is -2.00. The Kier molecular flexibility index (Phi) is 7.09. The van der Waals surface area contributed by atoms with Gasteiger partial charge in [0.1, 0.15) is 11.5 Å². The number of ether oxygens (including phenoxy) is 2. The van der Waals surface area contributed by atoms with Crippen molar-refractivity contribution in [2.75, 3.05) is 32.2 Å². The van der Waals surface area contributed by atoms with E-state index in [1.54, 1.807) is 27.2 Å². The zero-order chi connectivity index (χ0) is 23.8. The number of hydrogen-bond donors (Lipinski definition) is 0. The van der Waals surface area contributed by atoms with Crippen LogP contribution in [0.2, 0.25) is 10.0 Å². The number of benzene rings is 2. The first-order valence-electron chi connectivity index (χ1n) is 10.4. The molecular formula is C23H24Cl2N2O4S2. The van der Waals surface area contributed by atoms with Gasteiger partial charge in [0.15, 0.2) is 15.0 Å². The van der Waals surface area contributed by atoms with Crippen molar-refractivity contribution in [3.8, 4) is 22.8 Å². The summed E-state index contributed by atoms with van der Waals surface area (Å²) in [5.41, 5.74) is 2.42. The van der Waals surface area contributed by atoms with Crippen LogP contribution >= 0.6 is 34.5 Å². The monoisotopic (exact) mass is 526 g/mol. The molecule has 0 atom stereocenters. The predicted octanol–water partition coefficient (Wildman–Crippen LogP) is 5.89. The van der Waals surface area contributed by atoms with Crippen LogP contribution in [0, 0.1) is 6.92 Å². The molecule has 0 saturated carbocycles. The molecule has 0 aliphatic carbocycles. The minimum absolute atomic E-state index is 0.160. The topological polar surface area (TPSA) is 68.7 Å². The maximum absolute atomic E-state index is 13.2. The number of halogens is 2. The SMILES string of the molecule is COc1cc(OC)cc(-c2csc(N3CCC(S(=O)(=O)c4cc(C)c(Cl)cc4Cl)CC3)n2)c1. The first-order valence-corrected chi connectivity index (χ1v) is 13.5. The summed E-state index contributed by atoms with van der Waals surface area (Å²) in [6.07, 6.45) is 1.00. The van der Waals surface area contributed by atoms with Crippen LogP contribution in [-0.4, -0.2) is 46.0 Å². The lowest BCUT2D eigenvalue weighted by atomic mass is 10.1. The summed E-state index contributed by atoms with van der Waals surface area (Å²) in [4.78, 5) is 7.08. The predicted molar refractivity (Wildman–Crippen MR) is 134 cm³/mol. The van der Waals surface area contributed by atoms with E-state index in [-0.39, 0.29) is 9.92 Å². The first-order chi connectivity index (χ1) is 15.7. The summed E-state index contributed by atoms with van der Waals surface area (Å²) in [7, 11) is -0.327. The smallest absolute Gasteiger partial charge is 0.185 e. The molecule has 4 rings (SSSR count). The number of sulfone groups is 1. The van der Waals surface area contributed by atoms with E-state index in [9.17, 15) is 8.42 Å². The number of nitrogens with zero attached hydrogens (tertiary/aromatic N) is 2. The standard InChI is InChI=1S/C23H24Cl2N2O4S2/c1-14-8-22(20(25)12-19(14)24)33(28,29)18-4-6-27(7-5-18)23-26-21(13-32-23)15-9-16(30-2)11-17(10-15)31-3/h8-13,18H,4-7H2,1-3H3. The van der Waals surface area contributed by atoms with Gasteiger partial charge in [-0.05, 0) is 49.6 Å². The van der Waals surface area contributed by atoms with Crippen LogP contribution in [-0.2, 0) is 9.84 Å². The van der Waals surface area contributed by atoms with Gasteiger partial charge in [0.2, 0.25) is 0 Å². The summed E-state index contributed by atoms with van der Waals surface area (Å²) in [6.45, 7) is 2.98. The van der Waals surface area contributed by atoms with E-state index >= 15 is 0 Å². The van der Waals surface area contributed by atoms with E-state index in [1.807, 2.05) is 23.6 Å². The van der Waals surface area contributed by atoms with Crippen LogP contribution in [0.15, 0.2) is 40.6 Å². The Bertz CT molecular complexity index is 1250. The number of hydrogen-bond acceptors (Lipinski definition) is 7. The third-order valence-corrected chi connectivity index (χ3v) is 9.84. The molecule has 0 N–H and O–H groups in total. The molecule has 10 heteroatoms. The molecule has 0 amide bonds. The second kappa shape index (κ2) is 9.70. The summed E-state index contributed by atoms with van der Waals surface area (Å²) < 4.78 is 37.2. The number of rotatable bonds is 6. The summed E-state index contributed by atoms with van der Waals surface area (Å²) in [5.74, 6) is 1.39. The first kappa shape index (κ1) is 24.1. The van der Waals surface area contributed by atoms with Gasteiger partial charge in [-0.25, -0.2) is 13.4 Å². The highest BCUT2D eigenvalue weighted by molar-refractivity contribution is 7.92. The van der Waals surface area contributed by atoms with Gasteiger partial charge < -0.3 is 14.4 Å². The van der Waals surface area contributed by atoms with Gasteiger partial charge in [-0.15, -0.1) is 11.3 Å². The molecule has 0 bridgehead atoms. The zero-order valence-electron chi connectivity index (χ0n) is 18.5. The van der Waals surface area contributed by atoms with E-state index in [1.165, 1.54) is 17.4 Å². The summed E-state index contributed by atoms with van der Waals surface area (Å²) in [6, 6.07) is 8.72. The van der Waals surface area contributed by atoms with Crippen molar-refractivity contribution >= 4 is 49.5 Å². The van der Waals surface area contributed by atoms with Crippen LogP contribution < -0.4 is 14.4 Å². The van der Waals surface area contributed by atoms with Crippen LogP contribution in [0.5, 0.6) is 11.5 Å². The normalized spacial score (nSPS) is 15.0. The van der Waals surface area contributed by atoms with Crippen molar-refractivity contribution in [3.63, 3.8) is 0 Å². The number of aryl methyl sites for hydroxylation is 1. The molecule has 0 unspecified atom stereocenters. The largest absolute Gasteiger partial charge is 0.497 e. The molecule has 1 saturated heterocycles. The zero-order valence-corrected chi connectivity index (χ0v) is 21.6. The van der Waals surface area contributed by atoms with Gasteiger partial charge in [0, 0.05) is 35.1 Å². The Balaban J connectivity index is 1.49. The van der Waals surface area contributed by atoms with Crippen LogP contribution in [0.4, 0.5) is 5.13 Å². The minimum Gasteiger partial charge on any atom is -0.497 e. The number of thiazole rings is 1. The fraction of sp³-hybridized carbons (Fsp3) is 0.348. The maximum Gasteiger partial charge on any atom is 0.185 e. The van der Waals surface area contributed by atoms with Crippen molar-refractivity contribution in [3.05, 3.63) is 51.3 Å². The molecule has 1 aromatic heterocycles.